The van der Waals surface area contributed by atoms with Gasteiger partial charge < -0.3 is 16.2 Å². The number of anilines is 2. The Bertz CT molecular complexity index is 607. The number of aromatic carboxylic acids is 1. The van der Waals surface area contributed by atoms with Crippen molar-refractivity contribution in [3.63, 3.8) is 0 Å². The first-order valence-electron chi connectivity index (χ1n) is 4.89. The number of aromatic amines is 1. The Morgan fingerprint density at radius 3 is 2.72 bits per heavy atom. The molecule has 92 valence electrons. The zero-order chi connectivity index (χ0) is 13.1. The number of aromatic nitrogens is 3. The van der Waals surface area contributed by atoms with Crippen molar-refractivity contribution in [2.45, 2.75) is 0 Å². The zero-order valence-electron chi connectivity index (χ0n) is 9.04. The predicted octanol–water partition coefficient (Wildman–Crippen LogP) is 0.337. The highest BCUT2D eigenvalue weighted by Gasteiger charge is 2.14. The first-order chi connectivity index (χ1) is 8.58. The highest BCUT2D eigenvalue weighted by Crippen LogP contribution is 2.13. The minimum absolute atomic E-state index is 0.0260. The van der Waals surface area contributed by atoms with E-state index in [-0.39, 0.29) is 17.1 Å². The van der Waals surface area contributed by atoms with Gasteiger partial charge in [-0.2, -0.15) is 5.21 Å². The van der Waals surface area contributed by atoms with E-state index >= 15 is 0 Å². The third-order valence-electron chi connectivity index (χ3n) is 2.16. The molecule has 2 aromatic rings. The van der Waals surface area contributed by atoms with Gasteiger partial charge in [0.1, 0.15) is 0 Å². The number of carboxylic acids is 1. The standard InChI is InChI=1S/C10H9N5O3/c11-8-7(13-15-14-8)9(16)12-6-3-1-2-5(4-6)10(17)18/h1-4H,(H,12,16)(H,17,18)(H3,11,13,14,15). The molecule has 18 heavy (non-hydrogen) atoms. The number of carboxylic acid groups (broad SMARTS) is 1. The first-order valence-corrected chi connectivity index (χ1v) is 4.89. The Hall–Kier alpha value is -2.90. The number of hydrogen-bond donors (Lipinski definition) is 4. The lowest BCUT2D eigenvalue weighted by molar-refractivity contribution is 0.0696. The zero-order valence-corrected chi connectivity index (χ0v) is 9.04. The second-order valence-corrected chi connectivity index (χ2v) is 3.40. The molecule has 0 atom stereocenters. The van der Waals surface area contributed by atoms with Crippen molar-refractivity contribution in [3.05, 3.63) is 35.5 Å². The largest absolute Gasteiger partial charge is 0.478 e. The molecule has 5 N–H and O–H groups in total. The summed E-state index contributed by atoms with van der Waals surface area (Å²) in [6.07, 6.45) is 0. The monoisotopic (exact) mass is 247 g/mol. The van der Waals surface area contributed by atoms with Crippen molar-refractivity contribution in [2.75, 3.05) is 11.1 Å². The van der Waals surface area contributed by atoms with Gasteiger partial charge >= 0.3 is 5.97 Å². The van der Waals surface area contributed by atoms with E-state index in [0.717, 1.165) is 0 Å². The van der Waals surface area contributed by atoms with Gasteiger partial charge in [0.05, 0.1) is 5.56 Å². The van der Waals surface area contributed by atoms with Crippen LogP contribution >= 0.6 is 0 Å². The third kappa shape index (κ3) is 2.26. The molecule has 1 aromatic carbocycles. The second kappa shape index (κ2) is 4.53. The summed E-state index contributed by atoms with van der Waals surface area (Å²) >= 11 is 0. The number of hydrogen-bond acceptors (Lipinski definition) is 5. The molecule has 1 amide bonds. The van der Waals surface area contributed by atoms with Gasteiger partial charge in [-0.3, -0.25) is 4.79 Å². The SMILES string of the molecule is Nc1n[nH]nc1C(=O)Nc1cccc(C(=O)O)c1. The van der Waals surface area contributed by atoms with Gasteiger partial charge in [-0.25, -0.2) is 4.79 Å². The third-order valence-corrected chi connectivity index (χ3v) is 2.16. The van der Waals surface area contributed by atoms with E-state index in [1.165, 1.54) is 18.2 Å². The number of amides is 1. The fraction of sp³-hybridized carbons (Fsp3) is 0. The molecule has 0 bridgehead atoms. The maximum Gasteiger partial charge on any atom is 0.335 e. The number of carbonyl (C=O) groups is 2. The smallest absolute Gasteiger partial charge is 0.335 e. The summed E-state index contributed by atoms with van der Waals surface area (Å²) in [4.78, 5) is 22.5. The van der Waals surface area contributed by atoms with Crippen LogP contribution in [0.25, 0.3) is 0 Å². The van der Waals surface area contributed by atoms with Crippen LogP contribution in [0.2, 0.25) is 0 Å². The van der Waals surface area contributed by atoms with E-state index in [1.54, 1.807) is 6.07 Å². The average molecular weight is 247 g/mol. The normalized spacial score (nSPS) is 10.0. The van der Waals surface area contributed by atoms with Crippen molar-refractivity contribution in [1.82, 2.24) is 15.4 Å². The molecule has 0 aliphatic rings. The molecule has 0 unspecified atom stereocenters. The first kappa shape index (κ1) is 11.6. The van der Waals surface area contributed by atoms with Crippen LogP contribution in [0.15, 0.2) is 24.3 Å². The number of nitrogen functional groups attached to an aromatic ring is 1. The molecule has 0 radical (unpaired) electrons. The lowest BCUT2D eigenvalue weighted by atomic mass is 10.2. The summed E-state index contributed by atoms with van der Waals surface area (Å²) in [7, 11) is 0. The second-order valence-electron chi connectivity index (χ2n) is 3.40. The molecule has 8 nitrogen and oxygen atoms in total. The van der Waals surface area contributed by atoms with Crippen LogP contribution in [0.4, 0.5) is 11.5 Å². The number of H-pyrrole nitrogens is 1. The summed E-state index contributed by atoms with van der Waals surface area (Å²) in [6, 6.07) is 5.82. The maximum atomic E-state index is 11.7. The van der Waals surface area contributed by atoms with Gasteiger partial charge in [0.15, 0.2) is 11.5 Å². The van der Waals surface area contributed by atoms with Crippen LogP contribution in [0.1, 0.15) is 20.8 Å². The Morgan fingerprint density at radius 1 is 1.33 bits per heavy atom. The van der Waals surface area contributed by atoms with E-state index in [2.05, 4.69) is 20.7 Å². The molecular formula is C10H9N5O3. The quantitative estimate of drug-likeness (QED) is 0.617. The molecule has 0 fully saturated rings. The van der Waals surface area contributed by atoms with E-state index in [1.807, 2.05) is 0 Å². The fourth-order valence-corrected chi connectivity index (χ4v) is 1.33. The molecular weight excluding hydrogens is 238 g/mol. The van der Waals surface area contributed by atoms with Crippen molar-refractivity contribution < 1.29 is 14.7 Å². The van der Waals surface area contributed by atoms with Crippen molar-refractivity contribution in [3.8, 4) is 0 Å². The lowest BCUT2D eigenvalue weighted by Gasteiger charge is -2.04. The highest BCUT2D eigenvalue weighted by molar-refractivity contribution is 6.06. The van der Waals surface area contributed by atoms with E-state index in [9.17, 15) is 9.59 Å². The molecule has 1 aromatic heterocycles. The van der Waals surface area contributed by atoms with E-state index in [0.29, 0.717) is 5.69 Å². The molecule has 0 spiro atoms. The van der Waals surface area contributed by atoms with Crippen molar-refractivity contribution in [1.29, 1.82) is 0 Å². The van der Waals surface area contributed by atoms with Gasteiger partial charge in [0.25, 0.3) is 5.91 Å². The molecule has 0 aliphatic heterocycles. The van der Waals surface area contributed by atoms with Gasteiger partial charge in [0, 0.05) is 5.69 Å². The van der Waals surface area contributed by atoms with E-state index < -0.39 is 11.9 Å². The average Bonchev–Trinajstić information content (AvgIpc) is 2.76. The van der Waals surface area contributed by atoms with Crippen LogP contribution in [0.3, 0.4) is 0 Å². The number of nitrogens with zero attached hydrogens (tertiary/aromatic N) is 2. The van der Waals surface area contributed by atoms with Gasteiger partial charge in [-0.15, -0.1) is 10.2 Å². The van der Waals surface area contributed by atoms with Crippen LogP contribution in [-0.4, -0.2) is 32.4 Å². The number of carbonyl (C=O) groups excluding carboxylic acids is 1. The predicted molar refractivity (Wildman–Crippen MR) is 62.1 cm³/mol. The van der Waals surface area contributed by atoms with Crippen LogP contribution in [0, 0.1) is 0 Å². The molecule has 8 heteroatoms. The van der Waals surface area contributed by atoms with Gasteiger partial charge in [-0.05, 0) is 18.2 Å². The minimum Gasteiger partial charge on any atom is -0.478 e. The minimum atomic E-state index is -1.08. The molecule has 0 saturated carbocycles. The Morgan fingerprint density at radius 2 is 2.11 bits per heavy atom. The van der Waals surface area contributed by atoms with Gasteiger partial charge in [-0.1, -0.05) is 6.07 Å². The van der Waals surface area contributed by atoms with Crippen molar-refractivity contribution in [2.24, 2.45) is 0 Å². The van der Waals surface area contributed by atoms with Crippen molar-refractivity contribution >= 4 is 23.4 Å². The van der Waals surface area contributed by atoms with Crippen LogP contribution < -0.4 is 11.1 Å². The number of benzene rings is 1. The van der Waals surface area contributed by atoms with Gasteiger partial charge in [0.2, 0.25) is 0 Å². The summed E-state index contributed by atoms with van der Waals surface area (Å²) in [6.45, 7) is 0. The summed E-state index contributed by atoms with van der Waals surface area (Å²) in [5.74, 6) is -1.67. The Labute approximate surface area is 101 Å². The molecule has 2 rings (SSSR count). The molecule has 0 aliphatic carbocycles. The summed E-state index contributed by atoms with van der Waals surface area (Å²) in [5, 5.41) is 20.6. The molecule has 1 heterocycles. The van der Waals surface area contributed by atoms with Crippen LogP contribution in [-0.2, 0) is 0 Å². The number of rotatable bonds is 3. The Kier molecular flexibility index (Phi) is 2.92. The van der Waals surface area contributed by atoms with Crippen LogP contribution in [0.5, 0.6) is 0 Å². The van der Waals surface area contributed by atoms with E-state index in [4.69, 9.17) is 10.8 Å². The summed E-state index contributed by atoms with van der Waals surface area (Å²) in [5.41, 5.74) is 5.77. The number of nitrogens with one attached hydrogen (secondary N) is 2. The number of nitrogens with two attached hydrogens (primary N) is 1. The summed E-state index contributed by atoms with van der Waals surface area (Å²) < 4.78 is 0. The highest BCUT2D eigenvalue weighted by atomic mass is 16.4. The Balaban J connectivity index is 2.20. The fourth-order valence-electron chi connectivity index (χ4n) is 1.33. The maximum absolute atomic E-state index is 11.7. The topological polar surface area (TPSA) is 134 Å². The lowest BCUT2D eigenvalue weighted by Crippen LogP contribution is -2.14. The molecule has 0 saturated heterocycles.